The van der Waals surface area contributed by atoms with Gasteiger partial charge in [0.15, 0.2) is 0 Å². The molecule has 0 spiro atoms. The van der Waals surface area contributed by atoms with Crippen molar-refractivity contribution >= 4 is 0 Å². The van der Waals surface area contributed by atoms with Crippen LogP contribution in [0.1, 0.15) is 39.0 Å². The van der Waals surface area contributed by atoms with Crippen LogP contribution in [-0.2, 0) is 0 Å². The lowest BCUT2D eigenvalue weighted by Gasteiger charge is -2.26. The minimum absolute atomic E-state index is 0.236. The zero-order valence-electron chi connectivity index (χ0n) is 10.8. The molecule has 0 heterocycles. The predicted molar refractivity (Wildman–Crippen MR) is 66.2 cm³/mol. The van der Waals surface area contributed by atoms with Crippen LogP contribution in [-0.4, -0.2) is 18.8 Å². The zero-order valence-corrected chi connectivity index (χ0v) is 10.8. The Kier molecular flexibility index (Phi) is 4.36. The van der Waals surface area contributed by atoms with Gasteiger partial charge in [0.05, 0.1) is 0 Å². The first-order valence-corrected chi connectivity index (χ1v) is 6.94. The number of hydrogen-bond acceptors (Lipinski definition) is 1. The number of hydrogen-bond donors (Lipinski definition) is 1. The monoisotopic (exact) mass is 261 g/mol. The largest absolute Gasteiger partial charge is 0.389 e. The van der Waals surface area contributed by atoms with E-state index in [1.54, 1.807) is 0 Å². The van der Waals surface area contributed by atoms with Crippen molar-refractivity contribution < 1.29 is 13.2 Å². The summed E-state index contributed by atoms with van der Waals surface area (Å²) in [6.07, 6.45) is 3.36. The standard InChI is InChI=1S/C14H22F3N/c1-10(13-9-11-4-5-12(13)8-11)18-7-3-2-6-14(15,16)17/h4-5,10-13,18H,2-3,6-9H2,1H3. The highest BCUT2D eigenvalue weighted by Gasteiger charge is 2.38. The highest BCUT2D eigenvalue weighted by molar-refractivity contribution is 5.11. The number of halogens is 3. The van der Waals surface area contributed by atoms with Crippen molar-refractivity contribution in [3.63, 3.8) is 0 Å². The van der Waals surface area contributed by atoms with Gasteiger partial charge in [0.2, 0.25) is 0 Å². The quantitative estimate of drug-likeness (QED) is 0.564. The second kappa shape index (κ2) is 5.64. The SMILES string of the molecule is CC(NCCCCC(F)(F)F)C1CC2C=CC1C2. The Bertz CT molecular complexity index is 298. The average Bonchev–Trinajstić information content (AvgIpc) is 2.88. The Balaban J connectivity index is 1.58. The van der Waals surface area contributed by atoms with E-state index >= 15 is 0 Å². The maximum absolute atomic E-state index is 12.0. The molecule has 0 amide bonds. The van der Waals surface area contributed by atoms with Crippen molar-refractivity contribution in [1.29, 1.82) is 0 Å². The van der Waals surface area contributed by atoms with Gasteiger partial charge in [-0.25, -0.2) is 0 Å². The summed E-state index contributed by atoms with van der Waals surface area (Å²) in [4.78, 5) is 0. The molecule has 1 fully saturated rings. The van der Waals surface area contributed by atoms with Crippen LogP contribution < -0.4 is 5.32 Å². The van der Waals surface area contributed by atoms with Gasteiger partial charge in [-0.15, -0.1) is 0 Å². The molecule has 104 valence electrons. The van der Waals surface area contributed by atoms with Crippen LogP contribution >= 0.6 is 0 Å². The lowest BCUT2D eigenvalue weighted by Crippen LogP contribution is -2.36. The molecule has 0 saturated heterocycles. The second-order valence-corrected chi connectivity index (χ2v) is 5.76. The molecule has 4 heteroatoms. The Morgan fingerprint density at radius 3 is 2.56 bits per heavy atom. The molecule has 18 heavy (non-hydrogen) atoms. The molecule has 1 nitrogen and oxygen atoms in total. The summed E-state index contributed by atoms with van der Waals surface area (Å²) in [7, 11) is 0. The fraction of sp³-hybridized carbons (Fsp3) is 0.857. The predicted octanol–water partition coefficient (Wildman–Crippen LogP) is 3.91. The van der Waals surface area contributed by atoms with Gasteiger partial charge in [0.1, 0.15) is 0 Å². The Morgan fingerprint density at radius 2 is 2.00 bits per heavy atom. The number of alkyl halides is 3. The van der Waals surface area contributed by atoms with Crippen molar-refractivity contribution in [1.82, 2.24) is 5.32 Å². The number of unbranched alkanes of at least 4 members (excludes halogenated alkanes) is 1. The molecule has 2 aliphatic rings. The van der Waals surface area contributed by atoms with Crippen LogP contribution in [0.25, 0.3) is 0 Å². The molecular formula is C14H22F3N. The van der Waals surface area contributed by atoms with Gasteiger partial charge in [-0.1, -0.05) is 12.2 Å². The number of nitrogens with one attached hydrogen (secondary N) is 1. The molecule has 0 radical (unpaired) electrons. The summed E-state index contributed by atoms with van der Waals surface area (Å²) in [6, 6.07) is 0.427. The summed E-state index contributed by atoms with van der Waals surface area (Å²) in [5, 5.41) is 3.39. The van der Waals surface area contributed by atoms with E-state index in [1.165, 1.54) is 12.8 Å². The van der Waals surface area contributed by atoms with Crippen molar-refractivity contribution in [2.75, 3.05) is 6.54 Å². The van der Waals surface area contributed by atoms with E-state index in [0.717, 1.165) is 5.92 Å². The second-order valence-electron chi connectivity index (χ2n) is 5.76. The van der Waals surface area contributed by atoms with Crippen LogP contribution in [0.2, 0.25) is 0 Å². The molecule has 1 N–H and O–H groups in total. The van der Waals surface area contributed by atoms with E-state index in [9.17, 15) is 13.2 Å². The first kappa shape index (κ1) is 13.9. The molecule has 2 aliphatic carbocycles. The third-order valence-corrected chi connectivity index (χ3v) is 4.33. The van der Waals surface area contributed by atoms with Gasteiger partial charge >= 0.3 is 6.18 Å². The van der Waals surface area contributed by atoms with Crippen molar-refractivity contribution in [2.24, 2.45) is 17.8 Å². The minimum atomic E-state index is -4.00. The van der Waals surface area contributed by atoms with Gasteiger partial charge in [0, 0.05) is 12.5 Å². The molecule has 0 aromatic heterocycles. The van der Waals surface area contributed by atoms with Crippen LogP contribution in [0.3, 0.4) is 0 Å². The third kappa shape index (κ3) is 3.74. The van der Waals surface area contributed by atoms with Gasteiger partial charge in [0.25, 0.3) is 0 Å². The normalized spacial score (nSPS) is 32.1. The maximum atomic E-state index is 12.0. The van der Waals surface area contributed by atoms with Crippen LogP contribution in [0.5, 0.6) is 0 Å². The van der Waals surface area contributed by atoms with E-state index < -0.39 is 12.6 Å². The Hall–Kier alpha value is -0.510. The Labute approximate surface area is 107 Å². The van der Waals surface area contributed by atoms with Crippen LogP contribution in [0.15, 0.2) is 12.2 Å². The summed E-state index contributed by atoms with van der Waals surface area (Å²) < 4.78 is 35.9. The highest BCUT2D eigenvalue weighted by atomic mass is 19.4. The maximum Gasteiger partial charge on any atom is 0.389 e. The van der Waals surface area contributed by atoms with Gasteiger partial charge in [-0.2, -0.15) is 13.2 Å². The van der Waals surface area contributed by atoms with Gasteiger partial charge in [-0.05, 0) is 56.9 Å². The van der Waals surface area contributed by atoms with Crippen molar-refractivity contribution in [2.45, 2.75) is 51.2 Å². The highest BCUT2D eigenvalue weighted by Crippen LogP contribution is 2.44. The summed E-state index contributed by atoms with van der Waals surface area (Å²) in [5.74, 6) is 2.14. The van der Waals surface area contributed by atoms with Crippen molar-refractivity contribution in [3.05, 3.63) is 12.2 Å². The molecule has 2 rings (SSSR count). The Morgan fingerprint density at radius 1 is 1.22 bits per heavy atom. The molecular weight excluding hydrogens is 239 g/mol. The molecule has 0 aromatic rings. The van der Waals surface area contributed by atoms with E-state index in [0.29, 0.717) is 30.8 Å². The fourth-order valence-corrected chi connectivity index (χ4v) is 3.33. The minimum Gasteiger partial charge on any atom is -0.314 e. The molecule has 4 unspecified atom stereocenters. The van der Waals surface area contributed by atoms with E-state index in [-0.39, 0.29) is 6.42 Å². The molecule has 0 aliphatic heterocycles. The molecule has 4 atom stereocenters. The lowest BCUT2D eigenvalue weighted by atomic mass is 9.87. The van der Waals surface area contributed by atoms with Crippen LogP contribution in [0, 0.1) is 17.8 Å². The zero-order chi connectivity index (χ0) is 13.2. The number of allylic oxidation sites excluding steroid dienone is 2. The van der Waals surface area contributed by atoms with E-state index in [1.807, 2.05) is 0 Å². The lowest BCUT2D eigenvalue weighted by molar-refractivity contribution is -0.135. The first-order valence-electron chi connectivity index (χ1n) is 6.94. The topological polar surface area (TPSA) is 12.0 Å². The molecule has 1 saturated carbocycles. The summed E-state index contributed by atoms with van der Waals surface area (Å²) in [6.45, 7) is 2.87. The van der Waals surface area contributed by atoms with Gasteiger partial charge in [-0.3, -0.25) is 0 Å². The van der Waals surface area contributed by atoms with E-state index in [2.05, 4.69) is 24.4 Å². The number of rotatable bonds is 6. The fourth-order valence-electron chi connectivity index (χ4n) is 3.33. The van der Waals surface area contributed by atoms with Crippen molar-refractivity contribution in [3.8, 4) is 0 Å². The third-order valence-electron chi connectivity index (χ3n) is 4.33. The van der Waals surface area contributed by atoms with E-state index in [4.69, 9.17) is 0 Å². The molecule has 2 bridgehead atoms. The number of fused-ring (bicyclic) bond motifs is 2. The summed E-state index contributed by atoms with van der Waals surface area (Å²) in [5.41, 5.74) is 0. The van der Waals surface area contributed by atoms with Crippen LogP contribution in [0.4, 0.5) is 13.2 Å². The average molecular weight is 261 g/mol. The smallest absolute Gasteiger partial charge is 0.314 e. The van der Waals surface area contributed by atoms with Gasteiger partial charge < -0.3 is 5.32 Å². The summed E-state index contributed by atoms with van der Waals surface area (Å²) >= 11 is 0. The molecule has 0 aromatic carbocycles. The first-order chi connectivity index (χ1) is 8.46.